The SMILES string of the molecule is CC(C)[C@](C)(C#N)NC(=O)[C@@H](C)Nc1ccc(Br)cc1. The number of amides is 1. The molecule has 4 nitrogen and oxygen atoms in total. The fourth-order valence-electron chi connectivity index (χ4n) is 1.53. The summed E-state index contributed by atoms with van der Waals surface area (Å²) in [6.07, 6.45) is 0. The van der Waals surface area contributed by atoms with Crippen LogP contribution in [0.2, 0.25) is 0 Å². The van der Waals surface area contributed by atoms with Crippen molar-refractivity contribution in [3.63, 3.8) is 0 Å². The molecule has 0 bridgehead atoms. The Hall–Kier alpha value is -1.54. The van der Waals surface area contributed by atoms with Crippen LogP contribution in [-0.4, -0.2) is 17.5 Å². The number of hydrogen-bond donors (Lipinski definition) is 2. The lowest BCUT2D eigenvalue weighted by atomic mass is 9.90. The second-order valence-corrected chi connectivity index (χ2v) is 6.25. The Morgan fingerprint density at radius 3 is 2.30 bits per heavy atom. The molecule has 2 N–H and O–H groups in total. The van der Waals surface area contributed by atoms with Crippen molar-refractivity contribution in [3.05, 3.63) is 28.7 Å². The summed E-state index contributed by atoms with van der Waals surface area (Å²) in [5.74, 6) is -0.151. The number of nitrogens with zero attached hydrogens (tertiary/aromatic N) is 1. The highest BCUT2D eigenvalue weighted by Gasteiger charge is 2.31. The average Bonchev–Trinajstić information content (AvgIpc) is 2.40. The van der Waals surface area contributed by atoms with Gasteiger partial charge in [0.05, 0.1) is 6.07 Å². The number of carbonyl (C=O) groups is 1. The van der Waals surface area contributed by atoms with Gasteiger partial charge in [-0.05, 0) is 44.0 Å². The van der Waals surface area contributed by atoms with E-state index >= 15 is 0 Å². The van der Waals surface area contributed by atoms with Gasteiger partial charge in [-0.15, -0.1) is 0 Å². The van der Waals surface area contributed by atoms with Gasteiger partial charge < -0.3 is 10.6 Å². The van der Waals surface area contributed by atoms with Crippen molar-refractivity contribution in [2.75, 3.05) is 5.32 Å². The zero-order valence-corrected chi connectivity index (χ0v) is 13.8. The van der Waals surface area contributed by atoms with E-state index in [0.29, 0.717) is 0 Å². The lowest BCUT2D eigenvalue weighted by Gasteiger charge is -2.29. The first-order valence-corrected chi connectivity index (χ1v) is 7.33. The number of nitriles is 1. The second kappa shape index (κ2) is 6.76. The highest BCUT2D eigenvalue weighted by molar-refractivity contribution is 9.10. The van der Waals surface area contributed by atoms with E-state index in [1.165, 1.54) is 0 Å². The van der Waals surface area contributed by atoms with E-state index in [2.05, 4.69) is 32.6 Å². The van der Waals surface area contributed by atoms with Crippen LogP contribution in [0.25, 0.3) is 0 Å². The molecular weight excluding hydrogens is 318 g/mol. The van der Waals surface area contributed by atoms with E-state index in [1.54, 1.807) is 13.8 Å². The summed E-state index contributed by atoms with van der Waals surface area (Å²) in [6.45, 7) is 7.34. The maximum atomic E-state index is 12.2. The predicted octanol–water partition coefficient (Wildman–Crippen LogP) is 3.30. The van der Waals surface area contributed by atoms with Crippen molar-refractivity contribution in [3.8, 4) is 6.07 Å². The van der Waals surface area contributed by atoms with E-state index in [4.69, 9.17) is 0 Å². The molecule has 1 aromatic rings. The van der Waals surface area contributed by atoms with Crippen molar-refractivity contribution >= 4 is 27.5 Å². The Labute approximate surface area is 128 Å². The summed E-state index contributed by atoms with van der Waals surface area (Å²) in [5.41, 5.74) is 0.00581. The molecule has 0 heterocycles. The number of hydrogen-bond acceptors (Lipinski definition) is 3. The monoisotopic (exact) mass is 337 g/mol. The fourth-order valence-corrected chi connectivity index (χ4v) is 1.79. The van der Waals surface area contributed by atoms with Gasteiger partial charge in [-0.1, -0.05) is 29.8 Å². The van der Waals surface area contributed by atoms with Crippen LogP contribution in [0.5, 0.6) is 0 Å². The molecule has 0 fully saturated rings. The summed E-state index contributed by atoms with van der Waals surface area (Å²) in [4.78, 5) is 12.2. The second-order valence-electron chi connectivity index (χ2n) is 5.33. The third-order valence-corrected chi connectivity index (χ3v) is 3.92. The molecule has 1 rings (SSSR count). The van der Waals surface area contributed by atoms with Crippen LogP contribution in [0.1, 0.15) is 27.7 Å². The minimum absolute atomic E-state index is 0.0383. The van der Waals surface area contributed by atoms with Crippen LogP contribution in [-0.2, 0) is 4.79 Å². The van der Waals surface area contributed by atoms with Crippen molar-refractivity contribution in [1.82, 2.24) is 5.32 Å². The summed E-state index contributed by atoms with van der Waals surface area (Å²) < 4.78 is 0.983. The molecule has 0 unspecified atom stereocenters. The Morgan fingerprint density at radius 1 is 1.30 bits per heavy atom. The molecule has 0 aromatic heterocycles. The zero-order chi connectivity index (χ0) is 15.3. The smallest absolute Gasteiger partial charge is 0.243 e. The summed E-state index contributed by atoms with van der Waals surface area (Å²) in [7, 11) is 0. The highest BCUT2D eigenvalue weighted by atomic mass is 79.9. The molecule has 0 spiro atoms. The van der Waals surface area contributed by atoms with E-state index < -0.39 is 11.6 Å². The molecule has 1 aromatic carbocycles. The minimum atomic E-state index is -0.854. The lowest BCUT2D eigenvalue weighted by molar-refractivity contribution is -0.123. The molecule has 5 heteroatoms. The molecule has 0 saturated heterocycles. The maximum Gasteiger partial charge on any atom is 0.243 e. The summed E-state index contributed by atoms with van der Waals surface area (Å²) >= 11 is 3.36. The third-order valence-electron chi connectivity index (χ3n) is 3.39. The number of carbonyl (C=O) groups excluding carboxylic acids is 1. The largest absolute Gasteiger partial charge is 0.374 e. The van der Waals surface area contributed by atoms with E-state index in [-0.39, 0.29) is 11.8 Å². The van der Waals surface area contributed by atoms with Gasteiger partial charge in [0.1, 0.15) is 11.6 Å². The van der Waals surface area contributed by atoms with Gasteiger partial charge in [-0.3, -0.25) is 4.79 Å². The molecule has 20 heavy (non-hydrogen) atoms. The van der Waals surface area contributed by atoms with Crippen LogP contribution in [0, 0.1) is 17.2 Å². The van der Waals surface area contributed by atoms with Gasteiger partial charge in [0.15, 0.2) is 0 Å². The van der Waals surface area contributed by atoms with Crippen LogP contribution < -0.4 is 10.6 Å². The number of halogens is 1. The van der Waals surface area contributed by atoms with Gasteiger partial charge in [0, 0.05) is 10.2 Å². The molecule has 0 aliphatic carbocycles. The van der Waals surface area contributed by atoms with Gasteiger partial charge in [-0.2, -0.15) is 5.26 Å². The van der Waals surface area contributed by atoms with Crippen molar-refractivity contribution in [1.29, 1.82) is 5.26 Å². The molecular formula is C15H20BrN3O. The zero-order valence-electron chi connectivity index (χ0n) is 12.2. The van der Waals surface area contributed by atoms with Crippen LogP contribution in [0.15, 0.2) is 28.7 Å². The molecule has 0 radical (unpaired) electrons. The first-order chi connectivity index (χ1) is 9.28. The first-order valence-electron chi connectivity index (χ1n) is 6.54. The fraction of sp³-hybridized carbons (Fsp3) is 0.467. The van der Waals surface area contributed by atoms with Crippen molar-refractivity contribution < 1.29 is 4.79 Å². The van der Waals surface area contributed by atoms with Gasteiger partial charge in [0.2, 0.25) is 5.91 Å². The topological polar surface area (TPSA) is 64.9 Å². The molecule has 0 aliphatic heterocycles. The summed E-state index contributed by atoms with van der Waals surface area (Å²) in [5, 5.41) is 15.1. The first kappa shape index (κ1) is 16.5. The summed E-state index contributed by atoms with van der Waals surface area (Å²) in [6, 6.07) is 9.34. The number of benzene rings is 1. The number of rotatable bonds is 5. The van der Waals surface area contributed by atoms with Crippen molar-refractivity contribution in [2.45, 2.75) is 39.3 Å². The van der Waals surface area contributed by atoms with Gasteiger partial charge >= 0.3 is 0 Å². The Kier molecular flexibility index (Phi) is 5.58. The molecule has 1 amide bonds. The molecule has 108 valence electrons. The predicted molar refractivity (Wildman–Crippen MR) is 84.2 cm³/mol. The van der Waals surface area contributed by atoms with Crippen LogP contribution >= 0.6 is 15.9 Å². The number of nitrogens with one attached hydrogen (secondary N) is 2. The standard InChI is InChI=1S/C15H20BrN3O/c1-10(2)15(4,9-17)19-14(20)11(3)18-13-7-5-12(16)6-8-13/h5-8,10-11,18H,1-4H3,(H,19,20)/t11-,15+/m1/s1. The average molecular weight is 338 g/mol. The highest BCUT2D eigenvalue weighted by Crippen LogP contribution is 2.17. The molecule has 0 aliphatic rings. The van der Waals surface area contributed by atoms with E-state index in [1.807, 2.05) is 38.1 Å². The third kappa shape index (κ3) is 4.24. The Bertz CT molecular complexity index is 507. The quantitative estimate of drug-likeness (QED) is 0.866. The lowest BCUT2D eigenvalue weighted by Crippen LogP contribution is -2.52. The molecule has 2 atom stereocenters. The van der Waals surface area contributed by atoms with Gasteiger partial charge in [0.25, 0.3) is 0 Å². The van der Waals surface area contributed by atoms with Gasteiger partial charge in [-0.25, -0.2) is 0 Å². The minimum Gasteiger partial charge on any atom is -0.374 e. The Balaban J connectivity index is 2.68. The van der Waals surface area contributed by atoms with Crippen molar-refractivity contribution in [2.24, 2.45) is 5.92 Å². The van der Waals surface area contributed by atoms with E-state index in [9.17, 15) is 10.1 Å². The molecule has 0 saturated carbocycles. The normalized spacial score (nSPS) is 15.1. The number of anilines is 1. The van der Waals surface area contributed by atoms with Crippen LogP contribution in [0.3, 0.4) is 0 Å². The van der Waals surface area contributed by atoms with Crippen LogP contribution in [0.4, 0.5) is 5.69 Å². The Morgan fingerprint density at radius 2 is 1.85 bits per heavy atom. The maximum absolute atomic E-state index is 12.2. The van der Waals surface area contributed by atoms with E-state index in [0.717, 1.165) is 10.2 Å².